The lowest BCUT2D eigenvalue weighted by molar-refractivity contribution is -0.119. The number of rotatable bonds is 6. The van der Waals surface area contributed by atoms with Gasteiger partial charge in [0.15, 0.2) is 5.13 Å². The Kier molecular flexibility index (Phi) is 5.25. The van der Waals surface area contributed by atoms with Gasteiger partial charge in [0.25, 0.3) is 0 Å². The fraction of sp³-hybridized carbons (Fsp3) is 0.250. The molecule has 0 aliphatic heterocycles. The Morgan fingerprint density at radius 3 is 2.88 bits per heavy atom. The summed E-state index contributed by atoms with van der Waals surface area (Å²) < 4.78 is 1.59. The van der Waals surface area contributed by atoms with Crippen LogP contribution in [0.15, 0.2) is 29.9 Å². The van der Waals surface area contributed by atoms with Crippen molar-refractivity contribution < 1.29 is 9.59 Å². The van der Waals surface area contributed by atoms with Gasteiger partial charge < -0.3 is 10.6 Å². The second-order valence-electron chi connectivity index (χ2n) is 5.48. The van der Waals surface area contributed by atoms with Gasteiger partial charge in [-0.3, -0.25) is 14.3 Å². The molecule has 0 spiro atoms. The highest BCUT2D eigenvalue weighted by Crippen LogP contribution is 2.30. The lowest BCUT2D eigenvalue weighted by Crippen LogP contribution is -2.18. The van der Waals surface area contributed by atoms with Gasteiger partial charge in [0.05, 0.1) is 23.3 Å². The molecule has 0 aliphatic rings. The van der Waals surface area contributed by atoms with E-state index in [0.717, 1.165) is 21.0 Å². The highest BCUT2D eigenvalue weighted by molar-refractivity contribution is 7.17. The van der Waals surface area contributed by atoms with Crippen LogP contribution in [0.25, 0.3) is 10.6 Å². The van der Waals surface area contributed by atoms with Crippen LogP contribution in [-0.4, -0.2) is 26.6 Å². The Balaban J connectivity index is 1.60. The van der Waals surface area contributed by atoms with Crippen LogP contribution in [0, 0.1) is 6.92 Å². The molecular formula is C16H17N5O2S2. The Morgan fingerprint density at radius 1 is 1.32 bits per heavy atom. The normalized spacial score (nSPS) is 10.6. The molecule has 0 saturated carbocycles. The number of aromatic nitrogens is 3. The molecule has 0 bridgehead atoms. The summed E-state index contributed by atoms with van der Waals surface area (Å²) in [6, 6.07) is 3.93. The SMILES string of the molecule is CC(=O)NCc1ccc(-c2csc(NC(=O)Cn3cc(C)cn3)n2)s1. The third-order valence-corrected chi connectivity index (χ3v) is 5.11. The zero-order valence-corrected chi connectivity index (χ0v) is 15.4. The molecule has 130 valence electrons. The molecule has 25 heavy (non-hydrogen) atoms. The third kappa shape index (κ3) is 4.74. The molecule has 0 radical (unpaired) electrons. The molecular weight excluding hydrogens is 358 g/mol. The quantitative estimate of drug-likeness (QED) is 0.693. The van der Waals surface area contributed by atoms with E-state index in [2.05, 4.69) is 20.7 Å². The molecule has 9 heteroatoms. The van der Waals surface area contributed by atoms with Gasteiger partial charge in [-0.15, -0.1) is 22.7 Å². The highest BCUT2D eigenvalue weighted by Gasteiger charge is 2.11. The second-order valence-corrected chi connectivity index (χ2v) is 7.50. The van der Waals surface area contributed by atoms with E-state index >= 15 is 0 Å². The number of hydrogen-bond donors (Lipinski definition) is 2. The number of thiazole rings is 1. The van der Waals surface area contributed by atoms with Crippen molar-refractivity contribution in [3.63, 3.8) is 0 Å². The zero-order chi connectivity index (χ0) is 17.8. The third-order valence-electron chi connectivity index (χ3n) is 3.24. The zero-order valence-electron chi connectivity index (χ0n) is 13.8. The number of amides is 2. The molecule has 0 aliphatic carbocycles. The van der Waals surface area contributed by atoms with Gasteiger partial charge in [0, 0.05) is 23.4 Å². The number of thiophene rings is 1. The second kappa shape index (κ2) is 7.58. The van der Waals surface area contributed by atoms with Gasteiger partial charge in [0.2, 0.25) is 11.8 Å². The van der Waals surface area contributed by atoms with Crippen molar-refractivity contribution in [2.75, 3.05) is 5.32 Å². The van der Waals surface area contributed by atoms with Crippen molar-refractivity contribution in [3.05, 3.63) is 40.3 Å². The van der Waals surface area contributed by atoms with Gasteiger partial charge >= 0.3 is 0 Å². The number of carbonyl (C=O) groups is 2. The van der Waals surface area contributed by atoms with Crippen LogP contribution in [-0.2, 0) is 22.7 Å². The topological polar surface area (TPSA) is 88.9 Å². The summed E-state index contributed by atoms with van der Waals surface area (Å²) >= 11 is 2.95. The molecule has 3 aromatic heterocycles. The van der Waals surface area contributed by atoms with E-state index in [4.69, 9.17) is 0 Å². The lowest BCUT2D eigenvalue weighted by atomic mass is 10.3. The first-order chi connectivity index (χ1) is 12.0. The maximum Gasteiger partial charge on any atom is 0.247 e. The van der Waals surface area contributed by atoms with E-state index in [1.54, 1.807) is 22.2 Å². The molecule has 0 fully saturated rings. The summed E-state index contributed by atoms with van der Waals surface area (Å²) in [5, 5.41) is 12.1. The van der Waals surface area contributed by atoms with Gasteiger partial charge in [-0.25, -0.2) is 4.98 Å². The first-order valence-corrected chi connectivity index (χ1v) is 9.27. The molecule has 3 rings (SSSR count). The van der Waals surface area contributed by atoms with E-state index in [0.29, 0.717) is 11.7 Å². The summed E-state index contributed by atoms with van der Waals surface area (Å²) in [5.41, 5.74) is 1.83. The molecule has 3 aromatic rings. The Bertz CT molecular complexity index is 896. The fourth-order valence-electron chi connectivity index (χ4n) is 2.13. The van der Waals surface area contributed by atoms with E-state index in [9.17, 15) is 9.59 Å². The van der Waals surface area contributed by atoms with Gasteiger partial charge in [0.1, 0.15) is 6.54 Å². The standard InChI is InChI=1S/C16H17N5O2S2/c1-10-5-18-21(7-10)8-15(23)20-16-19-13(9-24-16)14-4-3-12(25-14)6-17-11(2)22/h3-5,7,9H,6,8H2,1-2H3,(H,17,22)(H,19,20,23). The number of carbonyl (C=O) groups excluding carboxylic acids is 2. The Labute approximate surface area is 152 Å². The van der Waals surface area contributed by atoms with Gasteiger partial charge in [-0.2, -0.15) is 5.10 Å². The minimum absolute atomic E-state index is 0.0546. The van der Waals surface area contributed by atoms with Crippen LogP contribution in [0.1, 0.15) is 17.4 Å². The maximum atomic E-state index is 12.0. The molecule has 0 saturated heterocycles. The number of nitrogens with zero attached hydrogens (tertiary/aromatic N) is 3. The Morgan fingerprint density at radius 2 is 2.16 bits per heavy atom. The molecule has 2 N–H and O–H groups in total. The average Bonchev–Trinajstić information content (AvgIpc) is 3.26. The van der Waals surface area contributed by atoms with Crippen molar-refractivity contribution in [2.24, 2.45) is 0 Å². The summed E-state index contributed by atoms with van der Waals surface area (Å²) in [6.45, 7) is 4.09. The van der Waals surface area contributed by atoms with Crippen molar-refractivity contribution in [1.29, 1.82) is 0 Å². The van der Waals surface area contributed by atoms with Crippen LogP contribution < -0.4 is 10.6 Å². The van der Waals surface area contributed by atoms with E-state index in [1.807, 2.05) is 30.6 Å². The van der Waals surface area contributed by atoms with Crippen LogP contribution >= 0.6 is 22.7 Å². The summed E-state index contributed by atoms with van der Waals surface area (Å²) in [6.07, 6.45) is 3.53. The minimum Gasteiger partial charge on any atom is -0.351 e. The van der Waals surface area contributed by atoms with Crippen molar-refractivity contribution in [3.8, 4) is 10.6 Å². The van der Waals surface area contributed by atoms with Gasteiger partial charge in [-0.1, -0.05) is 0 Å². The summed E-state index contributed by atoms with van der Waals surface area (Å²) in [7, 11) is 0. The van der Waals surface area contributed by atoms with Crippen molar-refractivity contribution >= 4 is 39.6 Å². The number of aryl methyl sites for hydroxylation is 1. The smallest absolute Gasteiger partial charge is 0.247 e. The minimum atomic E-state index is -0.165. The van der Waals surface area contributed by atoms with Crippen LogP contribution in [0.4, 0.5) is 5.13 Å². The van der Waals surface area contributed by atoms with Crippen LogP contribution in [0.5, 0.6) is 0 Å². The number of nitrogens with one attached hydrogen (secondary N) is 2. The summed E-state index contributed by atoms with van der Waals surface area (Å²) in [4.78, 5) is 29.5. The van der Waals surface area contributed by atoms with Crippen LogP contribution in [0.2, 0.25) is 0 Å². The fourth-order valence-corrected chi connectivity index (χ4v) is 3.84. The molecule has 3 heterocycles. The van der Waals surface area contributed by atoms with E-state index < -0.39 is 0 Å². The molecule has 0 aromatic carbocycles. The largest absolute Gasteiger partial charge is 0.351 e. The number of anilines is 1. The molecule has 0 unspecified atom stereocenters. The highest BCUT2D eigenvalue weighted by atomic mass is 32.1. The first-order valence-electron chi connectivity index (χ1n) is 7.57. The lowest BCUT2D eigenvalue weighted by Gasteiger charge is -2.01. The molecule has 7 nitrogen and oxygen atoms in total. The van der Waals surface area contributed by atoms with E-state index in [-0.39, 0.29) is 18.4 Å². The predicted molar refractivity (Wildman–Crippen MR) is 98.5 cm³/mol. The molecule has 2 amide bonds. The first kappa shape index (κ1) is 17.3. The van der Waals surface area contributed by atoms with Gasteiger partial charge in [-0.05, 0) is 24.6 Å². The maximum absolute atomic E-state index is 12.0. The average molecular weight is 375 g/mol. The van der Waals surface area contributed by atoms with Crippen LogP contribution in [0.3, 0.4) is 0 Å². The predicted octanol–water partition coefficient (Wildman–Crippen LogP) is 2.65. The number of hydrogen-bond acceptors (Lipinski definition) is 6. The summed E-state index contributed by atoms with van der Waals surface area (Å²) in [5.74, 6) is -0.220. The Hall–Kier alpha value is -2.52. The van der Waals surface area contributed by atoms with Crippen molar-refractivity contribution in [2.45, 2.75) is 26.9 Å². The van der Waals surface area contributed by atoms with E-state index in [1.165, 1.54) is 18.3 Å². The van der Waals surface area contributed by atoms with Crippen molar-refractivity contribution in [1.82, 2.24) is 20.1 Å². The monoisotopic (exact) mass is 375 g/mol. The molecule has 0 atom stereocenters.